The van der Waals surface area contributed by atoms with Gasteiger partial charge in [0, 0.05) is 13.1 Å². The zero-order valence-corrected chi connectivity index (χ0v) is 14.6. The van der Waals surface area contributed by atoms with Crippen LogP contribution in [0.2, 0.25) is 5.02 Å². The van der Waals surface area contributed by atoms with Crippen LogP contribution in [0.25, 0.3) is 0 Å². The van der Waals surface area contributed by atoms with Gasteiger partial charge in [-0.25, -0.2) is 9.18 Å². The maximum Gasteiger partial charge on any atom is 0.340 e. The Hall–Kier alpha value is -2.15. The van der Waals surface area contributed by atoms with Crippen molar-refractivity contribution >= 4 is 29.4 Å². The third kappa shape index (κ3) is 5.16. The fourth-order valence-corrected chi connectivity index (χ4v) is 2.82. The van der Waals surface area contributed by atoms with E-state index in [1.165, 1.54) is 11.0 Å². The summed E-state index contributed by atoms with van der Waals surface area (Å²) in [4.78, 5) is 37.2. The summed E-state index contributed by atoms with van der Waals surface area (Å²) in [5, 5.41) is -0.0762. The molecular formula is C17H19ClFNO5. The second-order valence-electron chi connectivity index (χ2n) is 5.61. The van der Waals surface area contributed by atoms with E-state index >= 15 is 0 Å². The summed E-state index contributed by atoms with van der Waals surface area (Å²) < 4.78 is 22.9. The van der Waals surface area contributed by atoms with Crippen molar-refractivity contribution in [3.63, 3.8) is 0 Å². The maximum absolute atomic E-state index is 13.0. The van der Waals surface area contributed by atoms with Crippen LogP contribution < -0.4 is 0 Å². The Morgan fingerprint density at radius 2 is 1.92 bits per heavy atom. The molecule has 0 aliphatic carbocycles. The lowest BCUT2D eigenvalue weighted by Crippen LogP contribution is -2.42. The molecule has 0 bridgehead atoms. The number of piperidine rings is 1. The normalized spacial score (nSPS) is 14.9. The van der Waals surface area contributed by atoms with Gasteiger partial charge in [-0.15, -0.1) is 0 Å². The molecule has 2 rings (SSSR count). The number of carbonyl (C=O) groups is 3. The van der Waals surface area contributed by atoms with E-state index in [9.17, 15) is 18.8 Å². The number of nitrogens with zero attached hydrogens (tertiary/aromatic N) is 1. The van der Waals surface area contributed by atoms with Crippen LogP contribution in [0, 0.1) is 11.7 Å². The van der Waals surface area contributed by atoms with Crippen LogP contribution in [0.15, 0.2) is 18.2 Å². The average Bonchev–Trinajstić information content (AvgIpc) is 2.59. The second kappa shape index (κ2) is 8.80. The first-order valence-electron chi connectivity index (χ1n) is 7.99. The van der Waals surface area contributed by atoms with Gasteiger partial charge in [-0.05, 0) is 38.0 Å². The number of ether oxygens (including phenoxy) is 2. The third-order valence-electron chi connectivity index (χ3n) is 3.95. The minimum atomic E-state index is -0.792. The quantitative estimate of drug-likeness (QED) is 0.743. The highest BCUT2D eigenvalue weighted by molar-refractivity contribution is 6.33. The standard InChI is InChI=1S/C17H19ClFNO5/c1-2-24-16(22)11-5-7-20(8-6-11)15(21)10-25-17(23)13-4-3-12(19)9-14(13)18/h3-4,9,11H,2,5-8,10H2,1H3. The lowest BCUT2D eigenvalue weighted by molar-refractivity contribution is -0.151. The average molecular weight is 372 g/mol. The zero-order chi connectivity index (χ0) is 18.4. The van der Waals surface area contributed by atoms with Crippen molar-refractivity contribution in [3.05, 3.63) is 34.6 Å². The van der Waals surface area contributed by atoms with Crippen molar-refractivity contribution < 1.29 is 28.2 Å². The van der Waals surface area contributed by atoms with Gasteiger partial charge in [-0.3, -0.25) is 9.59 Å². The topological polar surface area (TPSA) is 72.9 Å². The fraction of sp³-hybridized carbons (Fsp3) is 0.471. The molecule has 1 aliphatic rings. The predicted molar refractivity (Wildman–Crippen MR) is 87.6 cm³/mol. The first-order valence-corrected chi connectivity index (χ1v) is 8.36. The maximum atomic E-state index is 13.0. The summed E-state index contributed by atoms with van der Waals surface area (Å²) in [6, 6.07) is 3.29. The molecule has 0 spiro atoms. The van der Waals surface area contributed by atoms with Crippen molar-refractivity contribution in [2.45, 2.75) is 19.8 Å². The van der Waals surface area contributed by atoms with Crippen LogP contribution in [0.5, 0.6) is 0 Å². The van der Waals surface area contributed by atoms with Crippen molar-refractivity contribution in [1.82, 2.24) is 4.90 Å². The van der Waals surface area contributed by atoms with Gasteiger partial charge in [0.05, 0.1) is 23.1 Å². The van der Waals surface area contributed by atoms with Crippen molar-refractivity contribution in [2.24, 2.45) is 5.92 Å². The highest BCUT2D eigenvalue weighted by Gasteiger charge is 2.28. The summed E-state index contributed by atoms with van der Waals surface area (Å²) >= 11 is 5.78. The Morgan fingerprint density at radius 3 is 2.52 bits per heavy atom. The van der Waals surface area contributed by atoms with Crippen molar-refractivity contribution in [3.8, 4) is 0 Å². The Bertz CT molecular complexity index is 658. The highest BCUT2D eigenvalue weighted by atomic mass is 35.5. The molecule has 0 unspecified atom stereocenters. The van der Waals surface area contributed by atoms with E-state index < -0.39 is 18.4 Å². The Labute approximate surface area is 149 Å². The summed E-state index contributed by atoms with van der Waals surface area (Å²) in [6.45, 7) is 2.45. The summed E-state index contributed by atoms with van der Waals surface area (Å²) in [5.74, 6) is -2.16. The number of rotatable bonds is 5. The van der Waals surface area contributed by atoms with Crippen LogP contribution in [0.4, 0.5) is 4.39 Å². The number of carbonyl (C=O) groups excluding carboxylic acids is 3. The third-order valence-corrected chi connectivity index (χ3v) is 4.26. The van der Waals surface area contributed by atoms with Gasteiger partial charge >= 0.3 is 11.9 Å². The molecule has 6 nitrogen and oxygen atoms in total. The largest absolute Gasteiger partial charge is 0.466 e. The molecule has 1 aromatic rings. The molecule has 1 aromatic carbocycles. The molecule has 1 fully saturated rings. The van der Waals surface area contributed by atoms with E-state index in [0.717, 1.165) is 12.1 Å². The molecule has 1 heterocycles. The van der Waals surface area contributed by atoms with Gasteiger partial charge < -0.3 is 14.4 Å². The smallest absolute Gasteiger partial charge is 0.340 e. The highest BCUT2D eigenvalue weighted by Crippen LogP contribution is 2.20. The van der Waals surface area contributed by atoms with Crippen LogP contribution in [0.3, 0.4) is 0 Å². The van der Waals surface area contributed by atoms with Gasteiger partial charge in [0.25, 0.3) is 5.91 Å². The lowest BCUT2D eigenvalue weighted by Gasteiger charge is -2.30. The monoisotopic (exact) mass is 371 g/mol. The second-order valence-corrected chi connectivity index (χ2v) is 6.01. The Kier molecular flexibility index (Phi) is 6.75. The number of benzene rings is 1. The first-order chi connectivity index (χ1) is 11.9. The van der Waals surface area contributed by atoms with Gasteiger partial charge in [-0.1, -0.05) is 11.6 Å². The Morgan fingerprint density at radius 1 is 1.24 bits per heavy atom. The molecule has 1 saturated heterocycles. The molecule has 0 radical (unpaired) electrons. The lowest BCUT2D eigenvalue weighted by atomic mass is 9.97. The Balaban J connectivity index is 1.81. The first kappa shape index (κ1) is 19.2. The molecular weight excluding hydrogens is 353 g/mol. The number of hydrogen-bond acceptors (Lipinski definition) is 5. The fourth-order valence-electron chi connectivity index (χ4n) is 2.58. The molecule has 1 amide bonds. The minimum absolute atomic E-state index is 0.00288. The molecule has 0 saturated carbocycles. The van der Waals surface area contributed by atoms with E-state index in [1.54, 1.807) is 6.92 Å². The number of amides is 1. The van der Waals surface area contributed by atoms with Crippen molar-refractivity contribution in [1.29, 1.82) is 0 Å². The molecule has 136 valence electrons. The molecule has 0 atom stereocenters. The van der Waals surface area contributed by atoms with Crippen molar-refractivity contribution in [2.75, 3.05) is 26.3 Å². The van der Waals surface area contributed by atoms with Gasteiger partial charge in [-0.2, -0.15) is 0 Å². The molecule has 0 N–H and O–H groups in total. The SMILES string of the molecule is CCOC(=O)C1CCN(C(=O)COC(=O)c2ccc(F)cc2Cl)CC1. The summed E-state index contributed by atoms with van der Waals surface area (Å²) in [5.41, 5.74) is -0.00288. The van der Waals surface area contributed by atoms with E-state index in [4.69, 9.17) is 21.1 Å². The molecule has 1 aliphatic heterocycles. The number of halogens is 2. The van der Waals surface area contributed by atoms with Gasteiger partial charge in [0.2, 0.25) is 0 Å². The summed E-state index contributed by atoms with van der Waals surface area (Å²) in [7, 11) is 0. The summed E-state index contributed by atoms with van der Waals surface area (Å²) in [6.07, 6.45) is 1.03. The van der Waals surface area contributed by atoms with E-state index in [0.29, 0.717) is 32.5 Å². The van der Waals surface area contributed by atoms with Gasteiger partial charge in [0.1, 0.15) is 5.82 Å². The number of esters is 2. The molecule has 25 heavy (non-hydrogen) atoms. The number of hydrogen-bond donors (Lipinski definition) is 0. The van der Waals surface area contributed by atoms with Crippen LogP contribution in [0.1, 0.15) is 30.1 Å². The zero-order valence-electron chi connectivity index (χ0n) is 13.8. The van der Waals surface area contributed by atoms with E-state index in [2.05, 4.69) is 0 Å². The van der Waals surface area contributed by atoms with Crippen LogP contribution in [-0.4, -0.2) is 49.0 Å². The van der Waals surface area contributed by atoms with Crippen LogP contribution >= 0.6 is 11.6 Å². The minimum Gasteiger partial charge on any atom is -0.466 e. The van der Waals surface area contributed by atoms with E-state index in [1.807, 2.05) is 0 Å². The van der Waals surface area contributed by atoms with Crippen LogP contribution in [-0.2, 0) is 19.1 Å². The molecule has 8 heteroatoms. The predicted octanol–water partition coefficient (Wildman–Crippen LogP) is 2.44. The van der Waals surface area contributed by atoms with Gasteiger partial charge in [0.15, 0.2) is 6.61 Å². The van der Waals surface area contributed by atoms with E-state index in [-0.39, 0.29) is 28.4 Å². The molecule has 0 aromatic heterocycles. The number of likely N-dealkylation sites (tertiary alicyclic amines) is 1.